The Labute approximate surface area is 122 Å². The molecule has 0 aliphatic rings. The quantitative estimate of drug-likeness (QED) is 0.501. The van der Waals surface area contributed by atoms with E-state index in [4.69, 9.17) is 5.11 Å². The van der Waals surface area contributed by atoms with Gasteiger partial charge < -0.3 is 5.11 Å². The third kappa shape index (κ3) is 3.49. The summed E-state index contributed by atoms with van der Waals surface area (Å²) in [6.07, 6.45) is 0. The first kappa shape index (κ1) is 14.4. The van der Waals surface area contributed by atoms with Gasteiger partial charge in [-0.1, -0.05) is 12.1 Å². The van der Waals surface area contributed by atoms with Gasteiger partial charge in [0.25, 0.3) is 5.69 Å². The van der Waals surface area contributed by atoms with Crippen molar-refractivity contribution in [1.82, 2.24) is 0 Å². The lowest BCUT2D eigenvalue weighted by Crippen LogP contribution is -2.22. The number of benzene rings is 1. The van der Waals surface area contributed by atoms with Crippen molar-refractivity contribution in [2.24, 2.45) is 0 Å². The molecule has 0 amide bonds. The molecule has 0 unspecified atom stereocenters. The van der Waals surface area contributed by atoms with Crippen LogP contribution in [0, 0.1) is 10.1 Å². The van der Waals surface area contributed by atoms with Crippen LogP contribution >= 0.6 is 23.3 Å². The van der Waals surface area contributed by atoms with E-state index in [9.17, 15) is 14.9 Å². The van der Waals surface area contributed by atoms with Gasteiger partial charge in [0.1, 0.15) is 11.4 Å². The number of para-hydroxylation sites is 1. The maximum atomic E-state index is 11.0. The van der Waals surface area contributed by atoms with Crippen LogP contribution in [0.15, 0.2) is 46.0 Å². The third-order valence-corrected chi connectivity index (χ3v) is 4.12. The van der Waals surface area contributed by atoms with Crippen LogP contribution in [0.5, 0.6) is 0 Å². The van der Waals surface area contributed by atoms with Crippen molar-refractivity contribution >= 4 is 40.6 Å². The Morgan fingerprint density at radius 3 is 2.75 bits per heavy atom. The molecule has 0 bridgehead atoms. The Morgan fingerprint density at radius 1 is 1.40 bits per heavy atom. The summed E-state index contributed by atoms with van der Waals surface area (Å²) in [5.41, 5.74) is 0.670. The van der Waals surface area contributed by atoms with Crippen LogP contribution in [0.1, 0.15) is 0 Å². The number of rotatable bonds is 6. The number of nitro benzene ring substituents is 1. The van der Waals surface area contributed by atoms with Crippen LogP contribution in [0.4, 0.5) is 11.4 Å². The first-order chi connectivity index (χ1) is 9.58. The summed E-state index contributed by atoms with van der Waals surface area (Å²) in [7, 11) is 0. The van der Waals surface area contributed by atoms with Gasteiger partial charge in [-0.3, -0.25) is 19.2 Å². The Balaban J connectivity index is 2.28. The monoisotopic (exact) mass is 310 g/mol. The molecule has 0 radical (unpaired) electrons. The molecule has 20 heavy (non-hydrogen) atoms. The van der Waals surface area contributed by atoms with Gasteiger partial charge in [0, 0.05) is 11.4 Å². The van der Waals surface area contributed by atoms with Crippen molar-refractivity contribution in [2.45, 2.75) is 4.90 Å². The van der Waals surface area contributed by atoms with Gasteiger partial charge in [0.05, 0.1) is 10.6 Å². The molecule has 1 N–H and O–H groups in total. The van der Waals surface area contributed by atoms with Crippen molar-refractivity contribution in [3.8, 4) is 0 Å². The molecule has 6 nitrogen and oxygen atoms in total. The minimum atomic E-state index is -0.998. The minimum Gasteiger partial charge on any atom is -0.480 e. The number of thiophene rings is 1. The fourth-order valence-corrected chi connectivity index (χ4v) is 3.22. The van der Waals surface area contributed by atoms with Crippen molar-refractivity contribution in [3.05, 3.63) is 51.2 Å². The number of nitrogens with zero attached hydrogens (tertiary/aromatic N) is 2. The van der Waals surface area contributed by atoms with E-state index >= 15 is 0 Å². The van der Waals surface area contributed by atoms with E-state index in [1.165, 1.54) is 21.7 Å². The van der Waals surface area contributed by atoms with Crippen LogP contribution in [-0.2, 0) is 4.79 Å². The fraction of sp³-hybridized carbons (Fsp3) is 0.0833. The van der Waals surface area contributed by atoms with E-state index in [0.29, 0.717) is 10.6 Å². The highest BCUT2D eigenvalue weighted by Crippen LogP contribution is 2.35. The first-order valence-corrected chi connectivity index (χ1v) is 7.22. The zero-order chi connectivity index (χ0) is 14.5. The summed E-state index contributed by atoms with van der Waals surface area (Å²) in [6, 6.07) is 8.03. The topological polar surface area (TPSA) is 83.7 Å². The molecule has 2 rings (SSSR count). The number of hydrogen-bond acceptors (Lipinski definition) is 6. The Hall–Kier alpha value is -2.06. The highest BCUT2D eigenvalue weighted by molar-refractivity contribution is 8.00. The number of carboxylic acids is 1. The van der Waals surface area contributed by atoms with Gasteiger partial charge in [0.2, 0.25) is 0 Å². The second kappa shape index (κ2) is 6.40. The maximum absolute atomic E-state index is 11.0. The van der Waals surface area contributed by atoms with Crippen LogP contribution < -0.4 is 4.31 Å². The number of carboxylic acid groups (broad SMARTS) is 1. The van der Waals surface area contributed by atoms with E-state index in [2.05, 4.69) is 0 Å². The number of aliphatic carboxylic acids is 1. The Morgan fingerprint density at radius 2 is 2.15 bits per heavy atom. The summed E-state index contributed by atoms with van der Waals surface area (Å²) in [4.78, 5) is 21.8. The lowest BCUT2D eigenvalue weighted by molar-refractivity contribution is -0.387. The average Bonchev–Trinajstić information content (AvgIpc) is 2.91. The SMILES string of the molecule is O=C(O)CN(Sc1ccccc1[N+](=O)[O-])c1ccsc1. The molecule has 0 spiro atoms. The van der Waals surface area contributed by atoms with E-state index in [-0.39, 0.29) is 12.2 Å². The van der Waals surface area contributed by atoms with Gasteiger partial charge in [-0.15, -0.1) is 0 Å². The summed E-state index contributed by atoms with van der Waals surface area (Å²) < 4.78 is 1.52. The van der Waals surface area contributed by atoms with Crippen LogP contribution in [-0.4, -0.2) is 22.5 Å². The lowest BCUT2D eigenvalue weighted by atomic mass is 10.3. The van der Waals surface area contributed by atoms with E-state index in [1.807, 2.05) is 5.38 Å². The first-order valence-electron chi connectivity index (χ1n) is 5.51. The van der Waals surface area contributed by atoms with E-state index in [1.54, 1.807) is 29.6 Å². The molecule has 2 aromatic rings. The van der Waals surface area contributed by atoms with Gasteiger partial charge in [-0.2, -0.15) is 11.3 Å². The van der Waals surface area contributed by atoms with Crippen LogP contribution in [0.3, 0.4) is 0 Å². The number of carbonyl (C=O) groups is 1. The second-order valence-corrected chi connectivity index (χ2v) is 5.57. The molecule has 0 aliphatic carbocycles. The fourth-order valence-electron chi connectivity index (χ4n) is 1.50. The molecule has 0 atom stereocenters. The molecular formula is C12H10N2O4S2. The van der Waals surface area contributed by atoms with Crippen molar-refractivity contribution in [2.75, 3.05) is 10.8 Å². The molecule has 0 aliphatic heterocycles. The summed E-state index contributed by atoms with van der Waals surface area (Å²) in [6.45, 7) is -0.243. The zero-order valence-corrected chi connectivity index (χ0v) is 11.8. The molecular weight excluding hydrogens is 300 g/mol. The Kier molecular flexibility index (Phi) is 4.59. The Bertz CT molecular complexity index is 616. The van der Waals surface area contributed by atoms with Crippen molar-refractivity contribution in [3.63, 3.8) is 0 Å². The smallest absolute Gasteiger partial charge is 0.324 e. The highest BCUT2D eigenvalue weighted by atomic mass is 32.2. The molecule has 0 saturated carbocycles. The molecule has 8 heteroatoms. The van der Waals surface area contributed by atoms with E-state index in [0.717, 1.165) is 11.9 Å². The number of nitro groups is 1. The minimum absolute atomic E-state index is 0.0388. The predicted octanol–water partition coefficient (Wildman–Crippen LogP) is 3.25. The molecule has 1 aromatic heterocycles. The zero-order valence-electron chi connectivity index (χ0n) is 10.1. The average molecular weight is 310 g/mol. The van der Waals surface area contributed by atoms with Crippen molar-refractivity contribution in [1.29, 1.82) is 0 Å². The van der Waals surface area contributed by atoms with Gasteiger partial charge in [-0.25, -0.2) is 0 Å². The van der Waals surface area contributed by atoms with Crippen LogP contribution in [0.2, 0.25) is 0 Å². The molecule has 0 saturated heterocycles. The summed E-state index contributed by atoms with van der Waals surface area (Å²) in [5.74, 6) is -0.998. The summed E-state index contributed by atoms with van der Waals surface area (Å²) >= 11 is 2.48. The lowest BCUT2D eigenvalue weighted by Gasteiger charge is -2.19. The largest absolute Gasteiger partial charge is 0.480 e. The predicted molar refractivity (Wildman–Crippen MR) is 78.3 cm³/mol. The normalized spacial score (nSPS) is 10.2. The molecule has 1 aromatic carbocycles. The number of hydrogen-bond donors (Lipinski definition) is 1. The van der Waals surface area contributed by atoms with Gasteiger partial charge >= 0.3 is 5.97 Å². The third-order valence-electron chi connectivity index (χ3n) is 2.34. The standard InChI is InChI=1S/C12H10N2O4S2/c15-12(16)7-13(9-5-6-19-8-9)20-11-4-2-1-3-10(11)14(17)18/h1-6,8H,7H2,(H,15,16). The van der Waals surface area contributed by atoms with E-state index < -0.39 is 10.9 Å². The maximum Gasteiger partial charge on any atom is 0.324 e. The molecule has 0 fully saturated rings. The van der Waals surface area contributed by atoms with Gasteiger partial charge in [0.15, 0.2) is 0 Å². The van der Waals surface area contributed by atoms with Crippen molar-refractivity contribution < 1.29 is 14.8 Å². The number of anilines is 1. The van der Waals surface area contributed by atoms with Crippen LogP contribution in [0.25, 0.3) is 0 Å². The van der Waals surface area contributed by atoms with Gasteiger partial charge in [-0.05, 0) is 29.5 Å². The molecule has 1 heterocycles. The molecule has 104 valence electrons. The summed E-state index contributed by atoms with van der Waals surface area (Å²) in [5, 5.41) is 23.5. The highest BCUT2D eigenvalue weighted by Gasteiger charge is 2.19. The second-order valence-electron chi connectivity index (χ2n) is 3.73.